The largest absolute Gasteiger partial charge is 0.506 e. The van der Waals surface area contributed by atoms with E-state index in [1.807, 2.05) is 6.07 Å². The summed E-state index contributed by atoms with van der Waals surface area (Å²) in [6, 6.07) is 8.79. The predicted octanol–water partition coefficient (Wildman–Crippen LogP) is 3.87. The van der Waals surface area contributed by atoms with Crippen LogP contribution in [0, 0.1) is 6.92 Å². The van der Waals surface area contributed by atoms with Crippen LogP contribution in [0.15, 0.2) is 40.9 Å². The molecular formula is C18H24N2O2. The maximum Gasteiger partial charge on any atom is 0.253 e. The molecule has 0 aromatic heterocycles. The van der Waals surface area contributed by atoms with Crippen molar-refractivity contribution < 1.29 is 10.2 Å². The van der Waals surface area contributed by atoms with E-state index in [9.17, 15) is 10.2 Å². The second-order valence-electron chi connectivity index (χ2n) is 6.38. The van der Waals surface area contributed by atoms with E-state index in [0.717, 1.165) is 18.7 Å². The molecule has 1 aliphatic heterocycles. The molecule has 0 spiro atoms. The molecule has 22 heavy (non-hydrogen) atoms. The maximum atomic E-state index is 9.89. The van der Waals surface area contributed by atoms with Crippen LogP contribution < -0.4 is 0 Å². The van der Waals surface area contributed by atoms with Gasteiger partial charge in [-0.1, -0.05) is 49.1 Å². The summed E-state index contributed by atoms with van der Waals surface area (Å²) in [5.41, 5.74) is 2.41. The van der Waals surface area contributed by atoms with Crippen LogP contribution in [-0.4, -0.2) is 33.5 Å². The van der Waals surface area contributed by atoms with Crippen molar-refractivity contribution in [2.45, 2.75) is 51.5 Å². The third kappa shape index (κ3) is 3.26. The minimum Gasteiger partial charge on any atom is -0.506 e. The molecule has 1 heterocycles. The van der Waals surface area contributed by atoms with Gasteiger partial charge in [0.1, 0.15) is 5.84 Å². The van der Waals surface area contributed by atoms with Crippen molar-refractivity contribution in [2.75, 3.05) is 6.54 Å². The lowest BCUT2D eigenvalue weighted by Crippen LogP contribution is -2.45. The van der Waals surface area contributed by atoms with Gasteiger partial charge >= 0.3 is 0 Å². The van der Waals surface area contributed by atoms with E-state index in [1.54, 1.807) is 0 Å². The van der Waals surface area contributed by atoms with E-state index in [2.05, 4.69) is 35.0 Å². The molecule has 0 unspecified atom stereocenters. The van der Waals surface area contributed by atoms with Crippen LogP contribution in [0.25, 0.3) is 0 Å². The molecule has 0 atom stereocenters. The molecule has 0 radical (unpaired) electrons. The highest BCUT2D eigenvalue weighted by atomic mass is 16.3. The molecule has 3 rings (SSSR count). The molecule has 4 heteroatoms. The summed E-state index contributed by atoms with van der Waals surface area (Å²) >= 11 is 0. The SMILES string of the molecule is Cc1cccc(CC2=NC(O)=C(O)CN2C2CCCCC2)c1. The molecule has 1 aliphatic carbocycles. The molecule has 118 valence electrons. The average molecular weight is 300 g/mol. The number of benzene rings is 1. The summed E-state index contributed by atoms with van der Waals surface area (Å²) in [5, 5.41) is 19.7. The number of hydrogen-bond acceptors (Lipinski definition) is 4. The van der Waals surface area contributed by atoms with Crippen molar-refractivity contribution in [3.63, 3.8) is 0 Å². The van der Waals surface area contributed by atoms with Crippen LogP contribution in [-0.2, 0) is 6.42 Å². The molecule has 0 bridgehead atoms. The van der Waals surface area contributed by atoms with Gasteiger partial charge in [0.25, 0.3) is 5.88 Å². The van der Waals surface area contributed by atoms with Crippen LogP contribution in [0.5, 0.6) is 0 Å². The molecule has 1 aromatic rings. The van der Waals surface area contributed by atoms with Gasteiger partial charge in [-0.25, -0.2) is 0 Å². The van der Waals surface area contributed by atoms with Gasteiger partial charge < -0.3 is 15.1 Å². The third-order valence-electron chi connectivity index (χ3n) is 4.60. The lowest BCUT2D eigenvalue weighted by atomic mass is 9.93. The quantitative estimate of drug-likeness (QED) is 0.891. The van der Waals surface area contributed by atoms with Crippen LogP contribution in [0.2, 0.25) is 0 Å². The van der Waals surface area contributed by atoms with Gasteiger partial charge in [0, 0.05) is 12.5 Å². The van der Waals surface area contributed by atoms with E-state index < -0.39 is 0 Å². The van der Waals surface area contributed by atoms with Gasteiger partial charge in [-0.2, -0.15) is 4.99 Å². The van der Waals surface area contributed by atoms with Crippen molar-refractivity contribution in [1.29, 1.82) is 0 Å². The number of amidine groups is 1. The number of aliphatic imine (C=N–C) groups is 1. The average Bonchev–Trinajstić information content (AvgIpc) is 2.51. The van der Waals surface area contributed by atoms with Gasteiger partial charge in [-0.05, 0) is 25.3 Å². The van der Waals surface area contributed by atoms with Gasteiger partial charge in [0.05, 0.1) is 6.54 Å². The molecule has 1 aromatic carbocycles. The molecule has 4 nitrogen and oxygen atoms in total. The fraction of sp³-hybridized carbons (Fsp3) is 0.500. The van der Waals surface area contributed by atoms with Crippen molar-refractivity contribution in [2.24, 2.45) is 4.99 Å². The molecule has 0 amide bonds. The Hall–Kier alpha value is -1.97. The first-order valence-electron chi connectivity index (χ1n) is 8.14. The number of aryl methyl sites for hydroxylation is 1. The Kier molecular flexibility index (Phi) is 4.36. The number of rotatable bonds is 3. The number of nitrogens with zero attached hydrogens (tertiary/aromatic N) is 2. The summed E-state index contributed by atoms with van der Waals surface area (Å²) in [7, 11) is 0. The van der Waals surface area contributed by atoms with E-state index in [-0.39, 0.29) is 11.6 Å². The summed E-state index contributed by atoms with van der Waals surface area (Å²) in [6.07, 6.45) is 6.73. The van der Waals surface area contributed by atoms with Gasteiger partial charge in [0.15, 0.2) is 5.76 Å². The summed E-state index contributed by atoms with van der Waals surface area (Å²) in [6.45, 7) is 2.45. The van der Waals surface area contributed by atoms with E-state index in [1.165, 1.54) is 30.4 Å². The molecule has 2 N–H and O–H groups in total. The zero-order valence-corrected chi connectivity index (χ0v) is 13.1. The Labute approximate surface area is 131 Å². The van der Waals surface area contributed by atoms with Crippen molar-refractivity contribution >= 4 is 5.84 Å². The highest BCUT2D eigenvalue weighted by Crippen LogP contribution is 2.27. The summed E-state index contributed by atoms with van der Waals surface area (Å²) in [4.78, 5) is 6.46. The fourth-order valence-corrected chi connectivity index (χ4v) is 3.45. The normalized spacial score (nSPS) is 20.2. The molecule has 0 saturated heterocycles. The minimum atomic E-state index is -0.227. The number of aliphatic hydroxyl groups is 2. The smallest absolute Gasteiger partial charge is 0.253 e. The van der Waals surface area contributed by atoms with Crippen molar-refractivity contribution in [3.8, 4) is 0 Å². The summed E-state index contributed by atoms with van der Waals surface area (Å²) in [5.74, 6) is 0.626. The first-order valence-corrected chi connectivity index (χ1v) is 8.14. The van der Waals surface area contributed by atoms with E-state index in [0.29, 0.717) is 19.0 Å². The first kappa shape index (κ1) is 14.9. The topological polar surface area (TPSA) is 56.1 Å². The molecule has 2 aliphatic rings. The monoisotopic (exact) mass is 300 g/mol. The Morgan fingerprint density at radius 3 is 2.68 bits per heavy atom. The fourth-order valence-electron chi connectivity index (χ4n) is 3.45. The number of aliphatic hydroxyl groups excluding tert-OH is 2. The number of hydrogen-bond donors (Lipinski definition) is 2. The van der Waals surface area contributed by atoms with Crippen LogP contribution in [0.3, 0.4) is 0 Å². The Balaban J connectivity index is 1.84. The highest BCUT2D eigenvalue weighted by Gasteiger charge is 2.29. The van der Waals surface area contributed by atoms with E-state index >= 15 is 0 Å². The Morgan fingerprint density at radius 1 is 1.18 bits per heavy atom. The predicted molar refractivity (Wildman–Crippen MR) is 88.2 cm³/mol. The molecular weight excluding hydrogens is 276 g/mol. The highest BCUT2D eigenvalue weighted by molar-refractivity contribution is 5.86. The molecule has 1 fully saturated rings. The Bertz CT molecular complexity index is 601. The van der Waals surface area contributed by atoms with Crippen molar-refractivity contribution in [1.82, 2.24) is 4.90 Å². The standard InChI is InChI=1S/C18H24N2O2/c1-13-6-5-7-14(10-13)11-17-19-18(22)16(21)12-20(17)15-8-3-2-4-9-15/h5-7,10,15,21-22H,2-4,8-9,11-12H2,1H3. The Morgan fingerprint density at radius 2 is 1.95 bits per heavy atom. The first-order chi connectivity index (χ1) is 10.6. The van der Waals surface area contributed by atoms with Crippen LogP contribution in [0.1, 0.15) is 43.2 Å². The van der Waals surface area contributed by atoms with Gasteiger partial charge in [-0.3, -0.25) is 0 Å². The second kappa shape index (κ2) is 6.42. The van der Waals surface area contributed by atoms with E-state index in [4.69, 9.17) is 0 Å². The molecule has 1 saturated carbocycles. The third-order valence-corrected chi connectivity index (χ3v) is 4.60. The zero-order valence-electron chi connectivity index (χ0n) is 13.1. The summed E-state index contributed by atoms with van der Waals surface area (Å²) < 4.78 is 0. The van der Waals surface area contributed by atoms with Crippen LogP contribution >= 0.6 is 0 Å². The zero-order chi connectivity index (χ0) is 15.5. The lowest BCUT2D eigenvalue weighted by Gasteiger charge is -2.38. The van der Waals surface area contributed by atoms with Gasteiger partial charge in [0.2, 0.25) is 0 Å². The van der Waals surface area contributed by atoms with Gasteiger partial charge in [-0.15, -0.1) is 0 Å². The second-order valence-corrected chi connectivity index (χ2v) is 6.38. The minimum absolute atomic E-state index is 0.0152. The van der Waals surface area contributed by atoms with Crippen molar-refractivity contribution in [3.05, 3.63) is 47.0 Å². The van der Waals surface area contributed by atoms with Crippen LogP contribution in [0.4, 0.5) is 0 Å². The lowest BCUT2D eigenvalue weighted by molar-refractivity contribution is 0.203. The maximum absolute atomic E-state index is 9.89.